The molecule has 12 rings (SSSR count). The van der Waals surface area contributed by atoms with Gasteiger partial charge in [-0.2, -0.15) is 0 Å². The van der Waals surface area contributed by atoms with Gasteiger partial charge in [-0.3, -0.25) is 14.6 Å². The second kappa shape index (κ2) is 13.2. The van der Waals surface area contributed by atoms with Crippen molar-refractivity contribution in [2.24, 2.45) is 47.3 Å². The van der Waals surface area contributed by atoms with Crippen molar-refractivity contribution in [2.75, 3.05) is 62.2 Å². The maximum absolute atomic E-state index is 11.5. The summed E-state index contributed by atoms with van der Waals surface area (Å²) in [5.74, 6) is 8.49. The molecule has 10 aliphatic rings. The zero-order valence-electron chi connectivity index (χ0n) is 29.2. The third kappa shape index (κ3) is 6.23. The van der Waals surface area contributed by atoms with E-state index in [1.54, 1.807) is 19.8 Å². The van der Waals surface area contributed by atoms with E-state index in [1.807, 2.05) is 18.2 Å². The Bertz CT molecular complexity index is 1390. The average molecular weight is 669 g/mol. The number of ketones is 1. The fourth-order valence-electron chi connectivity index (χ4n) is 13.1. The summed E-state index contributed by atoms with van der Waals surface area (Å²) < 4.78 is 0. The lowest BCUT2D eigenvalue weighted by molar-refractivity contribution is -0.0665. The maximum atomic E-state index is 11.5. The molecule has 8 saturated carbocycles. The fraction of sp³-hybridized carbons (Fsp3) is 0.690. The predicted octanol–water partition coefficient (Wildman–Crippen LogP) is 8.12. The molecule has 48 heavy (non-hydrogen) atoms. The maximum Gasteiger partial charge on any atom is 0.159 e. The van der Waals surface area contributed by atoms with Crippen LogP contribution in [0.5, 0.6) is 0 Å². The van der Waals surface area contributed by atoms with Gasteiger partial charge in [-0.05, 0) is 161 Å². The molecule has 0 atom stereocenters. The number of anilines is 2. The summed E-state index contributed by atoms with van der Waals surface area (Å²) >= 11 is 6.16. The zero-order valence-corrected chi connectivity index (χ0v) is 30.0. The van der Waals surface area contributed by atoms with Crippen LogP contribution < -0.4 is 9.80 Å². The molecule has 0 N–H and O–H groups in total. The van der Waals surface area contributed by atoms with Crippen LogP contribution in [0.4, 0.5) is 11.4 Å². The Morgan fingerprint density at radius 3 is 1.35 bits per heavy atom. The van der Waals surface area contributed by atoms with Crippen molar-refractivity contribution in [1.82, 2.24) is 9.80 Å². The first-order chi connectivity index (χ1) is 23.4. The summed E-state index contributed by atoms with van der Waals surface area (Å²) in [5, 5.41) is 0.853. The van der Waals surface area contributed by atoms with Gasteiger partial charge in [-0.1, -0.05) is 17.7 Å². The largest absolute Gasteiger partial charge is 0.369 e. The minimum atomic E-state index is 0.151. The molecule has 6 heteroatoms. The molecule has 10 fully saturated rings. The van der Waals surface area contributed by atoms with Crippen molar-refractivity contribution in [3.8, 4) is 0 Å². The van der Waals surface area contributed by atoms with Crippen molar-refractivity contribution in [2.45, 2.75) is 83.2 Å². The lowest BCUT2D eigenvalue weighted by Gasteiger charge is -2.58. The molecule has 5 nitrogen and oxygen atoms in total. The number of hydrogen-bond acceptors (Lipinski definition) is 5. The van der Waals surface area contributed by atoms with Crippen molar-refractivity contribution in [3.63, 3.8) is 0 Å². The first-order valence-electron chi connectivity index (χ1n) is 19.8. The van der Waals surface area contributed by atoms with E-state index in [0.29, 0.717) is 0 Å². The molecule has 2 aromatic rings. The van der Waals surface area contributed by atoms with Crippen LogP contribution in [-0.2, 0) is 0 Å². The van der Waals surface area contributed by atoms with Crippen molar-refractivity contribution in [3.05, 3.63) is 59.1 Å². The Labute approximate surface area is 294 Å². The van der Waals surface area contributed by atoms with Gasteiger partial charge in [0.25, 0.3) is 0 Å². The van der Waals surface area contributed by atoms with E-state index in [2.05, 4.69) is 49.9 Å². The van der Waals surface area contributed by atoms with Gasteiger partial charge in [0.05, 0.1) is 0 Å². The molecule has 0 amide bonds. The van der Waals surface area contributed by atoms with Crippen LogP contribution in [0.1, 0.15) is 81.5 Å². The number of hydrogen-bond donors (Lipinski definition) is 0. The molecule has 8 aliphatic carbocycles. The van der Waals surface area contributed by atoms with Crippen LogP contribution in [0.15, 0.2) is 48.5 Å². The van der Waals surface area contributed by atoms with Gasteiger partial charge < -0.3 is 9.80 Å². The summed E-state index contributed by atoms with van der Waals surface area (Å²) in [6.45, 7) is 11.1. The highest BCUT2D eigenvalue weighted by Crippen LogP contribution is 2.56. The minimum absolute atomic E-state index is 0.151. The van der Waals surface area contributed by atoms with Gasteiger partial charge >= 0.3 is 0 Å². The fourth-order valence-corrected chi connectivity index (χ4v) is 13.3. The summed E-state index contributed by atoms with van der Waals surface area (Å²) in [4.78, 5) is 22.2. The van der Waals surface area contributed by atoms with Gasteiger partial charge in [0.2, 0.25) is 0 Å². The standard InChI is InChI=1S/C22H30N2O.C20H27ClN2/c1-15(25)18-2-4-21(5-3-18)23-6-8-24(9-7-23)22-19-11-16-10-17(13-19)14-20(22)12-16;21-18-2-1-3-19(13-18)22-4-6-23(7-5-22)20-16-9-14-8-15(11-16)12-17(20)10-14/h2-5,16-17,19-20,22H,6-14H2,1H3;1-3,13-17,20H,4-12H2. The first-order valence-corrected chi connectivity index (χ1v) is 20.2. The SMILES string of the molecule is CC(=O)c1ccc(N2CCN(C3C4CC5CC(C4)CC3C5)CC2)cc1.Clc1cccc(N2CCN(C3C4CC5CC(C4)CC3C5)CC2)c1. The highest BCUT2D eigenvalue weighted by atomic mass is 35.5. The van der Waals surface area contributed by atoms with E-state index in [4.69, 9.17) is 11.6 Å². The van der Waals surface area contributed by atoms with E-state index < -0.39 is 0 Å². The molecule has 2 aromatic carbocycles. The Kier molecular flexibility index (Phi) is 8.79. The summed E-state index contributed by atoms with van der Waals surface area (Å²) in [6, 6.07) is 18.3. The lowest BCUT2D eigenvalue weighted by atomic mass is 9.54. The number of carbonyl (C=O) groups is 1. The molecular weight excluding hydrogens is 612 g/mol. The second-order valence-corrected chi connectivity index (χ2v) is 17.9. The van der Waals surface area contributed by atoms with Crippen molar-refractivity contribution >= 4 is 28.8 Å². The third-order valence-corrected chi connectivity index (χ3v) is 14.9. The molecule has 0 spiro atoms. The molecule has 0 aromatic heterocycles. The van der Waals surface area contributed by atoms with E-state index in [1.165, 1.54) is 88.9 Å². The molecule has 8 bridgehead atoms. The van der Waals surface area contributed by atoms with Crippen LogP contribution in [0, 0.1) is 47.3 Å². The van der Waals surface area contributed by atoms with Crippen LogP contribution in [0.25, 0.3) is 0 Å². The third-order valence-electron chi connectivity index (χ3n) is 14.6. The number of Topliss-reactive ketones (excluding diaryl/α,β-unsaturated/α-hetero) is 1. The number of rotatable bonds is 5. The number of carbonyl (C=O) groups excluding carboxylic acids is 1. The highest BCUT2D eigenvalue weighted by Gasteiger charge is 2.51. The Morgan fingerprint density at radius 1 is 0.542 bits per heavy atom. The monoisotopic (exact) mass is 668 g/mol. The summed E-state index contributed by atoms with van der Waals surface area (Å²) in [5.41, 5.74) is 3.38. The number of benzene rings is 2. The molecule has 0 radical (unpaired) electrons. The van der Waals surface area contributed by atoms with E-state index in [9.17, 15) is 4.79 Å². The molecule has 2 saturated heterocycles. The Morgan fingerprint density at radius 2 is 0.958 bits per heavy atom. The number of nitrogens with zero attached hydrogens (tertiary/aromatic N) is 4. The van der Waals surface area contributed by atoms with Crippen LogP contribution in [0.2, 0.25) is 5.02 Å². The molecule has 2 aliphatic heterocycles. The van der Waals surface area contributed by atoms with Crippen molar-refractivity contribution in [1.29, 1.82) is 0 Å². The van der Waals surface area contributed by atoms with Crippen LogP contribution >= 0.6 is 11.6 Å². The molecule has 258 valence electrons. The molecular formula is C42H57ClN4O. The summed E-state index contributed by atoms with van der Waals surface area (Å²) in [7, 11) is 0. The first kappa shape index (κ1) is 31.9. The lowest BCUT2D eigenvalue weighted by Crippen LogP contribution is -2.60. The Balaban J connectivity index is 0.000000131. The number of halogens is 1. The normalized spacial score (nSPS) is 38.6. The Hall–Kier alpha value is -2.08. The summed E-state index contributed by atoms with van der Waals surface area (Å²) in [6.07, 6.45) is 15.3. The average Bonchev–Trinajstić information content (AvgIpc) is 3.08. The second-order valence-electron chi connectivity index (χ2n) is 17.5. The smallest absolute Gasteiger partial charge is 0.159 e. The van der Waals surface area contributed by atoms with Gasteiger partial charge in [0, 0.05) is 86.4 Å². The zero-order chi connectivity index (χ0) is 32.4. The van der Waals surface area contributed by atoms with E-state index in [0.717, 1.165) is 96.2 Å². The van der Waals surface area contributed by atoms with E-state index >= 15 is 0 Å². The minimum Gasteiger partial charge on any atom is -0.369 e. The quantitative estimate of drug-likeness (QED) is 0.300. The van der Waals surface area contributed by atoms with E-state index in [-0.39, 0.29) is 5.78 Å². The predicted molar refractivity (Wildman–Crippen MR) is 197 cm³/mol. The van der Waals surface area contributed by atoms with Crippen LogP contribution in [-0.4, -0.2) is 80.0 Å². The number of piperazine rings is 2. The van der Waals surface area contributed by atoms with Gasteiger partial charge in [0.1, 0.15) is 0 Å². The molecule has 2 heterocycles. The van der Waals surface area contributed by atoms with Gasteiger partial charge in [0.15, 0.2) is 5.78 Å². The molecule has 0 unspecified atom stereocenters. The van der Waals surface area contributed by atoms with Crippen molar-refractivity contribution < 1.29 is 4.79 Å². The topological polar surface area (TPSA) is 30.0 Å². The van der Waals surface area contributed by atoms with Gasteiger partial charge in [-0.15, -0.1) is 0 Å². The van der Waals surface area contributed by atoms with Gasteiger partial charge in [-0.25, -0.2) is 0 Å². The highest BCUT2D eigenvalue weighted by molar-refractivity contribution is 6.30. The van der Waals surface area contributed by atoms with Crippen LogP contribution in [0.3, 0.4) is 0 Å².